The number of allylic oxidation sites excluding steroid dienone is 1. The molecule has 3 rings (SSSR count). The smallest absolute Gasteiger partial charge is 0.203 e. The Hall–Kier alpha value is -3.21. The lowest BCUT2D eigenvalue weighted by Crippen LogP contribution is -2.05. The Morgan fingerprint density at radius 2 is 1.77 bits per heavy atom. The number of carbonyl (C=O) groups excluding carboxylic acids is 1. The molecule has 1 heterocycles. The lowest BCUT2D eigenvalue weighted by atomic mass is 9.99. The number of H-pyrrole nitrogens is 1. The Labute approximate surface area is 177 Å². The zero-order valence-corrected chi connectivity index (χ0v) is 18.5. The zero-order chi connectivity index (χ0) is 21.8. The second-order valence-electron chi connectivity index (χ2n) is 7.50. The van der Waals surface area contributed by atoms with Gasteiger partial charge in [0.25, 0.3) is 0 Å². The number of hydrogen-bond donors (Lipinski definition) is 1. The quantitative estimate of drug-likeness (QED) is 0.368. The van der Waals surface area contributed by atoms with Gasteiger partial charge in [0.1, 0.15) is 0 Å². The standard InChI is InChI=1S/C25H29NO4/c1-7-30-25-22(28-5)12-18(13-23(25)29-6)24(27)16(4)10-19-14-26-21-11-17(15(2)3)8-9-20(19)21/h8-15,26H,7H2,1-6H3/b16-10+. The molecular formula is C25H29NO4. The zero-order valence-electron chi connectivity index (χ0n) is 18.5. The molecule has 0 bridgehead atoms. The highest BCUT2D eigenvalue weighted by Gasteiger charge is 2.18. The van der Waals surface area contributed by atoms with Gasteiger partial charge in [-0.15, -0.1) is 0 Å². The van der Waals surface area contributed by atoms with Crippen LogP contribution in [0.5, 0.6) is 17.2 Å². The van der Waals surface area contributed by atoms with E-state index >= 15 is 0 Å². The van der Waals surface area contributed by atoms with Crippen molar-refractivity contribution in [2.45, 2.75) is 33.6 Å². The van der Waals surface area contributed by atoms with Gasteiger partial charge in [0.15, 0.2) is 17.3 Å². The van der Waals surface area contributed by atoms with Crippen LogP contribution in [0, 0.1) is 0 Å². The maximum Gasteiger partial charge on any atom is 0.203 e. The first kappa shape index (κ1) is 21.5. The van der Waals surface area contributed by atoms with E-state index in [0.717, 1.165) is 16.5 Å². The van der Waals surface area contributed by atoms with E-state index in [4.69, 9.17) is 14.2 Å². The van der Waals surface area contributed by atoms with Crippen LogP contribution in [0.25, 0.3) is 17.0 Å². The molecule has 0 atom stereocenters. The Kier molecular flexibility index (Phi) is 6.50. The lowest BCUT2D eigenvalue weighted by molar-refractivity contribution is 0.103. The summed E-state index contributed by atoms with van der Waals surface area (Å²) < 4.78 is 16.5. The number of nitrogens with one attached hydrogen (secondary N) is 1. The van der Waals surface area contributed by atoms with Gasteiger partial charge >= 0.3 is 0 Å². The van der Waals surface area contributed by atoms with E-state index < -0.39 is 0 Å². The Morgan fingerprint density at radius 3 is 2.33 bits per heavy atom. The van der Waals surface area contributed by atoms with E-state index in [1.54, 1.807) is 26.4 Å². The van der Waals surface area contributed by atoms with Crippen molar-refractivity contribution in [2.75, 3.05) is 20.8 Å². The molecule has 30 heavy (non-hydrogen) atoms. The fraction of sp³-hybridized carbons (Fsp3) is 0.320. The molecule has 0 fully saturated rings. The van der Waals surface area contributed by atoms with Crippen molar-refractivity contribution in [1.82, 2.24) is 4.98 Å². The van der Waals surface area contributed by atoms with Crippen molar-refractivity contribution in [3.63, 3.8) is 0 Å². The summed E-state index contributed by atoms with van der Waals surface area (Å²) in [6.07, 6.45) is 3.84. The number of ether oxygens (including phenoxy) is 3. The third-order valence-electron chi connectivity index (χ3n) is 5.15. The van der Waals surface area contributed by atoms with Crippen molar-refractivity contribution in [3.8, 4) is 17.2 Å². The number of methoxy groups -OCH3 is 2. The van der Waals surface area contributed by atoms with Gasteiger partial charge in [-0.05, 0) is 55.2 Å². The van der Waals surface area contributed by atoms with Crippen molar-refractivity contribution < 1.29 is 19.0 Å². The predicted octanol–water partition coefficient (Wildman–Crippen LogP) is 5.99. The molecule has 0 aliphatic rings. The van der Waals surface area contributed by atoms with E-state index in [1.807, 2.05) is 26.1 Å². The summed E-state index contributed by atoms with van der Waals surface area (Å²) in [5, 5.41) is 1.09. The molecule has 5 nitrogen and oxygen atoms in total. The minimum absolute atomic E-state index is 0.0946. The van der Waals surface area contributed by atoms with Crippen molar-refractivity contribution in [1.29, 1.82) is 0 Å². The third kappa shape index (κ3) is 4.20. The Bertz CT molecular complexity index is 1070. The van der Waals surface area contributed by atoms with Gasteiger partial charge in [0.05, 0.1) is 20.8 Å². The molecule has 0 saturated heterocycles. The minimum Gasteiger partial charge on any atom is -0.493 e. The number of fused-ring (bicyclic) bond motifs is 1. The number of rotatable bonds is 8. The largest absolute Gasteiger partial charge is 0.493 e. The van der Waals surface area contributed by atoms with Gasteiger partial charge in [-0.1, -0.05) is 26.0 Å². The van der Waals surface area contributed by atoms with E-state index in [9.17, 15) is 4.79 Å². The van der Waals surface area contributed by atoms with Gasteiger partial charge in [-0.25, -0.2) is 0 Å². The Balaban J connectivity index is 1.97. The highest BCUT2D eigenvalue weighted by atomic mass is 16.5. The molecule has 0 spiro atoms. The van der Waals surface area contributed by atoms with Crippen LogP contribution in [0.15, 0.2) is 42.1 Å². The fourth-order valence-electron chi connectivity index (χ4n) is 3.47. The van der Waals surface area contributed by atoms with E-state index in [1.165, 1.54) is 5.56 Å². The van der Waals surface area contributed by atoms with E-state index in [0.29, 0.717) is 40.9 Å². The van der Waals surface area contributed by atoms with Crippen LogP contribution in [0.1, 0.15) is 55.1 Å². The number of aromatic amines is 1. The maximum atomic E-state index is 13.1. The average Bonchev–Trinajstić information content (AvgIpc) is 3.15. The molecule has 1 aromatic heterocycles. The Morgan fingerprint density at radius 1 is 1.10 bits per heavy atom. The summed E-state index contributed by atoms with van der Waals surface area (Å²) in [7, 11) is 3.09. The normalized spacial score (nSPS) is 11.8. The first-order valence-corrected chi connectivity index (χ1v) is 10.1. The van der Waals surface area contributed by atoms with Gasteiger partial charge in [0.2, 0.25) is 5.75 Å². The summed E-state index contributed by atoms with van der Waals surface area (Å²) in [5.41, 5.74) is 4.44. The van der Waals surface area contributed by atoms with Crippen LogP contribution in [-0.4, -0.2) is 31.6 Å². The van der Waals surface area contributed by atoms with E-state index in [-0.39, 0.29) is 5.78 Å². The summed E-state index contributed by atoms with van der Waals surface area (Å²) in [6.45, 7) is 8.52. The maximum absolute atomic E-state index is 13.1. The number of Topliss-reactive ketones (excluding diaryl/α,β-unsaturated/α-hetero) is 1. The van der Waals surface area contributed by atoms with E-state index in [2.05, 4.69) is 37.0 Å². The number of benzene rings is 2. The second kappa shape index (κ2) is 9.08. The fourth-order valence-corrected chi connectivity index (χ4v) is 3.47. The summed E-state index contributed by atoms with van der Waals surface area (Å²) in [6, 6.07) is 9.79. The second-order valence-corrected chi connectivity index (χ2v) is 7.50. The number of aromatic nitrogens is 1. The summed E-state index contributed by atoms with van der Waals surface area (Å²) >= 11 is 0. The first-order chi connectivity index (χ1) is 14.4. The molecule has 3 aromatic rings. The van der Waals surface area contributed by atoms with Crippen molar-refractivity contribution in [2.24, 2.45) is 0 Å². The molecule has 158 valence electrons. The molecule has 0 amide bonds. The van der Waals surface area contributed by atoms with Crippen LogP contribution in [0.3, 0.4) is 0 Å². The molecule has 0 aliphatic heterocycles. The predicted molar refractivity (Wildman–Crippen MR) is 121 cm³/mol. The SMILES string of the molecule is CCOc1c(OC)cc(C(=O)/C(C)=C/c2c[nH]c3cc(C(C)C)ccc23)cc1OC. The topological polar surface area (TPSA) is 60.5 Å². The molecule has 5 heteroatoms. The molecule has 0 saturated carbocycles. The lowest BCUT2D eigenvalue weighted by Gasteiger charge is -2.15. The number of ketones is 1. The van der Waals surface area contributed by atoms with Crippen LogP contribution >= 0.6 is 0 Å². The summed E-state index contributed by atoms with van der Waals surface area (Å²) in [4.78, 5) is 16.4. The van der Waals surface area contributed by atoms with Gasteiger partial charge in [0, 0.05) is 28.2 Å². The molecular weight excluding hydrogens is 378 g/mol. The van der Waals surface area contributed by atoms with Crippen LogP contribution in [0.2, 0.25) is 0 Å². The molecule has 1 N–H and O–H groups in total. The van der Waals surface area contributed by atoms with Gasteiger partial charge in [-0.2, -0.15) is 0 Å². The van der Waals surface area contributed by atoms with Gasteiger partial charge in [-0.3, -0.25) is 4.79 Å². The van der Waals surface area contributed by atoms with Crippen molar-refractivity contribution >= 4 is 22.8 Å². The highest BCUT2D eigenvalue weighted by Crippen LogP contribution is 2.39. The number of hydrogen-bond acceptors (Lipinski definition) is 4. The first-order valence-electron chi connectivity index (χ1n) is 10.1. The highest BCUT2D eigenvalue weighted by molar-refractivity contribution is 6.12. The van der Waals surface area contributed by atoms with Gasteiger partial charge < -0.3 is 19.2 Å². The molecule has 0 unspecified atom stereocenters. The summed E-state index contributed by atoms with van der Waals surface area (Å²) in [5.74, 6) is 1.81. The molecule has 0 radical (unpaired) electrons. The minimum atomic E-state index is -0.0946. The number of carbonyl (C=O) groups is 1. The monoisotopic (exact) mass is 407 g/mol. The third-order valence-corrected chi connectivity index (χ3v) is 5.15. The van der Waals surface area contributed by atoms with Crippen LogP contribution in [-0.2, 0) is 0 Å². The van der Waals surface area contributed by atoms with Crippen LogP contribution in [0.4, 0.5) is 0 Å². The van der Waals surface area contributed by atoms with Crippen molar-refractivity contribution in [3.05, 3.63) is 58.8 Å². The molecule has 2 aromatic carbocycles. The van der Waals surface area contributed by atoms with Crippen LogP contribution < -0.4 is 14.2 Å². The molecule has 0 aliphatic carbocycles. The average molecular weight is 408 g/mol.